The minimum atomic E-state index is 0.0246. The number of hydrogen-bond acceptors (Lipinski definition) is 2. The average Bonchev–Trinajstić information content (AvgIpc) is 2.38. The summed E-state index contributed by atoms with van der Waals surface area (Å²) in [4.78, 5) is 11.8. The maximum atomic E-state index is 11.8. The molecule has 1 heterocycles. The molecule has 0 radical (unpaired) electrons. The summed E-state index contributed by atoms with van der Waals surface area (Å²) in [5, 5.41) is 2.94. The molecule has 0 aromatic heterocycles. The van der Waals surface area contributed by atoms with E-state index in [2.05, 4.69) is 19.2 Å². The largest absolute Gasteiger partial charge is 0.374 e. The van der Waals surface area contributed by atoms with Crippen LogP contribution in [-0.4, -0.2) is 24.7 Å². The molecule has 3 nitrogen and oxygen atoms in total. The van der Waals surface area contributed by atoms with E-state index >= 15 is 0 Å². The van der Waals surface area contributed by atoms with Crippen molar-refractivity contribution in [2.24, 2.45) is 11.8 Å². The molecule has 3 heteroatoms. The number of carbonyl (C=O) groups excluding carboxylic acids is 1. The van der Waals surface area contributed by atoms with Crippen LogP contribution >= 0.6 is 0 Å². The van der Waals surface area contributed by atoms with Gasteiger partial charge < -0.3 is 10.1 Å². The summed E-state index contributed by atoms with van der Waals surface area (Å²) in [6.07, 6.45) is 1.23. The number of carbonyl (C=O) groups is 1. The van der Waals surface area contributed by atoms with E-state index in [1.54, 1.807) is 0 Å². The highest BCUT2D eigenvalue weighted by Gasteiger charge is 2.41. The molecule has 0 aliphatic carbocycles. The Kier molecular flexibility index (Phi) is 3.93. The minimum absolute atomic E-state index is 0.0246. The van der Waals surface area contributed by atoms with Crippen molar-refractivity contribution in [2.45, 2.75) is 46.3 Å². The summed E-state index contributed by atoms with van der Waals surface area (Å²) in [5.74, 6) is 0.495. The van der Waals surface area contributed by atoms with Crippen molar-refractivity contribution in [3.8, 4) is 0 Å². The van der Waals surface area contributed by atoms with E-state index in [1.807, 2.05) is 13.8 Å². The molecule has 1 N–H and O–H groups in total. The van der Waals surface area contributed by atoms with Gasteiger partial charge in [0.25, 0.3) is 0 Å². The quantitative estimate of drug-likeness (QED) is 0.749. The molecule has 1 aliphatic rings. The highest BCUT2D eigenvalue weighted by atomic mass is 16.5. The van der Waals surface area contributed by atoms with Gasteiger partial charge in [-0.15, -0.1) is 0 Å². The zero-order valence-corrected chi connectivity index (χ0v) is 9.54. The summed E-state index contributed by atoms with van der Waals surface area (Å²) >= 11 is 0. The van der Waals surface area contributed by atoms with Crippen molar-refractivity contribution in [3.63, 3.8) is 0 Å². The van der Waals surface area contributed by atoms with Crippen LogP contribution < -0.4 is 5.32 Å². The van der Waals surface area contributed by atoms with Crippen LogP contribution in [0.15, 0.2) is 0 Å². The number of ether oxygens (including phenoxy) is 1. The smallest absolute Gasteiger partial charge is 0.226 e. The number of hydrogen-bond donors (Lipinski definition) is 1. The summed E-state index contributed by atoms with van der Waals surface area (Å²) in [6.45, 7) is 8.93. The summed E-state index contributed by atoms with van der Waals surface area (Å²) in [6, 6.07) is 0. The lowest BCUT2D eigenvalue weighted by atomic mass is 9.89. The predicted molar refractivity (Wildman–Crippen MR) is 56.0 cm³/mol. The maximum Gasteiger partial charge on any atom is 0.226 e. The molecule has 4 atom stereocenters. The molecule has 14 heavy (non-hydrogen) atoms. The first-order chi connectivity index (χ1) is 6.57. The summed E-state index contributed by atoms with van der Waals surface area (Å²) < 4.78 is 5.63. The van der Waals surface area contributed by atoms with Crippen molar-refractivity contribution in [1.29, 1.82) is 0 Å². The number of nitrogens with one attached hydrogen (secondary N) is 1. The molecule has 0 aromatic carbocycles. The fourth-order valence-electron chi connectivity index (χ4n) is 2.08. The molecule has 1 rings (SSSR count). The fraction of sp³-hybridized carbons (Fsp3) is 0.909. The van der Waals surface area contributed by atoms with Gasteiger partial charge in [0.2, 0.25) is 5.91 Å². The van der Waals surface area contributed by atoms with Crippen molar-refractivity contribution in [2.75, 3.05) is 6.54 Å². The number of amides is 1. The van der Waals surface area contributed by atoms with Crippen LogP contribution in [0.25, 0.3) is 0 Å². The van der Waals surface area contributed by atoms with Gasteiger partial charge >= 0.3 is 0 Å². The van der Waals surface area contributed by atoms with Crippen LogP contribution in [0.1, 0.15) is 34.1 Å². The van der Waals surface area contributed by atoms with Gasteiger partial charge in [0.15, 0.2) is 0 Å². The highest BCUT2D eigenvalue weighted by Crippen LogP contribution is 2.32. The molecule has 4 unspecified atom stereocenters. The van der Waals surface area contributed by atoms with Crippen LogP contribution in [0.2, 0.25) is 0 Å². The third kappa shape index (κ3) is 2.27. The van der Waals surface area contributed by atoms with Gasteiger partial charge in [-0.05, 0) is 26.2 Å². The Balaban J connectivity index is 2.53. The second kappa shape index (κ2) is 4.78. The van der Waals surface area contributed by atoms with Crippen molar-refractivity contribution >= 4 is 5.91 Å². The average molecular weight is 199 g/mol. The van der Waals surface area contributed by atoms with Gasteiger partial charge in [-0.25, -0.2) is 0 Å². The molecule has 0 saturated carbocycles. The van der Waals surface area contributed by atoms with Crippen LogP contribution in [0.4, 0.5) is 0 Å². The Morgan fingerprint density at radius 3 is 2.36 bits per heavy atom. The molecule has 1 aliphatic heterocycles. The third-order valence-corrected chi connectivity index (χ3v) is 3.09. The van der Waals surface area contributed by atoms with Crippen molar-refractivity contribution in [1.82, 2.24) is 5.32 Å². The molecular formula is C11H21NO2. The van der Waals surface area contributed by atoms with Gasteiger partial charge in [0, 0.05) is 6.54 Å². The number of rotatable bonds is 3. The van der Waals surface area contributed by atoms with Crippen LogP contribution in [-0.2, 0) is 9.53 Å². The SMILES string of the molecule is CCCNC(=O)C1C(C)OC(C)C1C. The fourth-order valence-corrected chi connectivity index (χ4v) is 2.08. The standard InChI is InChI=1S/C11H21NO2/c1-5-6-12-11(13)10-7(2)8(3)14-9(10)4/h7-10H,5-6H2,1-4H3,(H,12,13). The first-order valence-corrected chi connectivity index (χ1v) is 5.51. The Labute approximate surface area is 86.2 Å². The van der Waals surface area contributed by atoms with Crippen LogP contribution in [0, 0.1) is 11.8 Å². The predicted octanol–water partition coefficient (Wildman–Crippen LogP) is 1.57. The molecular weight excluding hydrogens is 178 g/mol. The van der Waals surface area contributed by atoms with E-state index in [4.69, 9.17) is 4.74 Å². The zero-order chi connectivity index (χ0) is 10.7. The Morgan fingerprint density at radius 2 is 1.93 bits per heavy atom. The van der Waals surface area contributed by atoms with E-state index in [1.165, 1.54) is 0 Å². The molecule has 1 fully saturated rings. The molecule has 82 valence electrons. The summed E-state index contributed by atoms with van der Waals surface area (Å²) in [5.41, 5.74) is 0. The highest BCUT2D eigenvalue weighted by molar-refractivity contribution is 5.79. The van der Waals surface area contributed by atoms with Gasteiger partial charge in [0.05, 0.1) is 18.1 Å². The lowest BCUT2D eigenvalue weighted by Crippen LogP contribution is -2.37. The van der Waals surface area contributed by atoms with Gasteiger partial charge in [-0.3, -0.25) is 4.79 Å². The monoisotopic (exact) mass is 199 g/mol. The molecule has 1 amide bonds. The molecule has 1 saturated heterocycles. The lowest BCUT2D eigenvalue weighted by Gasteiger charge is -2.17. The van der Waals surface area contributed by atoms with E-state index in [0.717, 1.165) is 13.0 Å². The van der Waals surface area contributed by atoms with E-state index < -0.39 is 0 Å². The second-order valence-corrected chi connectivity index (χ2v) is 4.22. The van der Waals surface area contributed by atoms with Gasteiger partial charge in [0.1, 0.15) is 0 Å². The lowest BCUT2D eigenvalue weighted by molar-refractivity contribution is -0.127. The molecule has 0 spiro atoms. The Hall–Kier alpha value is -0.570. The first kappa shape index (κ1) is 11.5. The van der Waals surface area contributed by atoms with Crippen LogP contribution in [0.3, 0.4) is 0 Å². The topological polar surface area (TPSA) is 38.3 Å². The Bertz CT molecular complexity index is 205. The molecule has 0 bridgehead atoms. The maximum absolute atomic E-state index is 11.8. The van der Waals surface area contributed by atoms with Crippen molar-refractivity contribution < 1.29 is 9.53 Å². The van der Waals surface area contributed by atoms with Crippen molar-refractivity contribution in [3.05, 3.63) is 0 Å². The Morgan fingerprint density at radius 1 is 1.29 bits per heavy atom. The zero-order valence-electron chi connectivity index (χ0n) is 9.54. The van der Waals surface area contributed by atoms with Gasteiger partial charge in [-0.2, -0.15) is 0 Å². The second-order valence-electron chi connectivity index (χ2n) is 4.22. The van der Waals surface area contributed by atoms with E-state index in [-0.39, 0.29) is 24.0 Å². The van der Waals surface area contributed by atoms with E-state index in [9.17, 15) is 4.79 Å². The van der Waals surface area contributed by atoms with E-state index in [0.29, 0.717) is 5.92 Å². The van der Waals surface area contributed by atoms with Crippen LogP contribution in [0.5, 0.6) is 0 Å². The third-order valence-electron chi connectivity index (χ3n) is 3.09. The normalized spacial score (nSPS) is 37.1. The van der Waals surface area contributed by atoms with Gasteiger partial charge in [-0.1, -0.05) is 13.8 Å². The minimum Gasteiger partial charge on any atom is -0.374 e. The first-order valence-electron chi connectivity index (χ1n) is 5.51. The summed E-state index contributed by atoms with van der Waals surface area (Å²) in [7, 11) is 0. The molecule has 0 aromatic rings.